The molecule has 0 atom stereocenters. The Bertz CT molecular complexity index is 1950. The molecule has 0 aliphatic rings. The number of pyridine rings is 1. The van der Waals surface area contributed by atoms with E-state index in [-0.39, 0.29) is 11.6 Å². The molecule has 0 amide bonds. The lowest BCUT2D eigenvalue weighted by Crippen LogP contribution is -2.00. The molecule has 7 aromatic rings. The van der Waals surface area contributed by atoms with E-state index in [9.17, 15) is 8.78 Å². The van der Waals surface area contributed by atoms with Crippen LogP contribution >= 0.6 is 0 Å². The molecule has 0 saturated carbocycles. The van der Waals surface area contributed by atoms with Crippen molar-refractivity contribution in [3.8, 4) is 56.4 Å². The number of para-hydroxylation sites is 1. The summed E-state index contributed by atoms with van der Waals surface area (Å²) in [4.78, 5) is 18.6. The minimum Gasteiger partial charge on any atom is -0.256 e. The van der Waals surface area contributed by atoms with Crippen LogP contribution in [0, 0.1) is 11.6 Å². The fraction of sp³-hybridized carbons (Fsp3) is 0. The maximum atomic E-state index is 13.6. The third kappa shape index (κ3) is 5.02. The average Bonchev–Trinajstić information content (AvgIpc) is 3.05. The molecular weight excluding hydrogens is 526 g/mol. The summed E-state index contributed by atoms with van der Waals surface area (Å²) < 4.78 is 27.2. The third-order valence-electron chi connectivity index (χ3n) is 7.15. The van der Waals surface area contributed by atoms with E-state index in [4.69, 9.17) is 9.97 Å². The van der Waals surface area contributed by atoms with Gasteiger partial charge in [-0.05, 0) is 71.3 Å². The fourth-order valence-electron chi connectivity index (χ4n) is 4.95. The fourth-order valence-corrected chi connectivity index (χ4v) is 4.95. The van der Waals surface area contributed by atoms with Crippen LogP contribution in [0.4, 0.5) is 8.78 Å². The molecule has 6 heteroatoms. The van der Waals surface area contributed by atoms with E-state index in [2.05, 4.69) is 58.5 Å². The predicted molar refractivity (Wildman–Crippen MR) is 162 cm³/mol. The number of benzene rings is 5. The topological polar surface area (TPSA) is 51.6 Å². The Morgan fingerprint density at radius 2 is 0.786 bits per heavy atom. The maximum absolute atomic E-state index is 13.6. The average molecular weight is 549 g/mol. The van der Waals surface area contributed by atoms with Crippen molar-refractivity contribution >= 4 is 10.9 Å². The van der Waals surface area contributed by atoms with Crippen molar-refractivity contribution in [2.45, 2.75) is 0 Å². The molecule has 0 N–H and O–H groups in total. The van der Waals surface area contributed by atoms with Crippen LogP contribution in [0.25, 0.3) is 67.3 Å². The Kier molecular flexibility index (Phi) is 6.49. The molecule has 4 nitrogen and oxygen atoms in total. The van der Waals surface area contributed by atoms with E-state index in [1.165, 1.54) is 24.3 Å². The van der Waals surface area contributed by atoms with Crippen molar-refractivity contribution in [3.05, 3.63) is 145 Å². The summed E-state index contributed by atoms with van der Waals surface area (Å²) in [6.45, 7) is 0. The maximum Gasteiger partial charge on any atom is 0.164 e. The largest absolute Gasteiger partial charge is 0.256 e. The van der Waals surface area contributed by atoms with Gasteiger partial charge in [0.1, 0.15) is 11.6 Å². The molecule has 0 fully saturated rings. The van der Waals surface area contributed by atoms with Crippen molar-refractivity contribution in [3.63, 3.8) is 0 Å². The number of halogens is 2. The first-order valence-electron chi connectivity index (χ1n) is 13.4. The number of rotatable bonds is 5. The third-order valence-corrected chi connectivity index (χ3v) is 7.15. The summed E-state index contributed by atoms with van der Waals surface area (Å²) >= 11 is 0. The van der Waals surface area contributed by atoms with Crippen molar-refractivity contribution in [2.75, 3.05) is 0 Å². The number of fused-ring (bicyclic) bond motifs is 1. The van der Waals surface area contributed by atoms with Gasteiger partial charge < -0.3 is 0 Å². The van der Waals surface area contributed by atoms with Crippen molar-refractivity contribution in [1.82, 2.24) is 19.9 Å². The summed E-state index contributed by atoms with van der Waals surface area (Å²) in [5.74, 6) is 0.589. The van der Waals surface area contributed by atoms with Crippen LogP contribution in [0.15, 0.2) is 134 Å². The van der Waals surface area contributed by atoms with Crippen LogP contribution in [0.5, 0.6) is 0 Å². The molecule has 200 valence electrons. The zero-order valence-corrected chi connectivity index (χ0v) is 22.2. The van der Waals surface area contributed by atoms with Gasteiger partial charge in [-0.1, -0.05) is 72.8 Å². The SMILES string of the molecule is Fc1ccc(-c2nc(-c3ccc(F)cc3)nc(-c3ccc(-c4ccc(-c5cccc6cccnc56)cc4)cc3)n2)cc1. The van der Waals surface area contributed by atoms with Gasteiger partial charge in [0.15, 0.2) is 17.5 Å². The van der Waals surface area contributed by atoms with E-state index in [1.54, 1.807) is 24.3 Å². The summed E-state index contributed by atoms with van der Waals surface area (Å²) in [5.41, 5.74) is 7.41. The minimum absolute atomic E-state index is 0.343. The minimum atomic E-state index is -0.343. The van der Waals surface area contributed by atoms with Crippen molar-refractivity contribution < 1.29 is 8.78 Å². The normalized spacial score (nSPS) is 11.1. The van der Waals surface area contributed by atoms with E-state index < -0.39 is 0 Å². The Hall–Kier alpha value is -5.62. The highest BCUT2D eigenvalue weighted by molar-refractivity contribution is 5.93. The summed E-state index contributed by atoms with van der Waals surface area (Å²) in [5, 5.41) is 1.11. The molecule has 0 spiro atoms. The standard InChI is InChI=1S/C36H22F2N4/c37-30-18-14-28(15-19-30)35-40-34(41-36(42-35)29-16-20-31(38)21-17-29)27-12-8-24(9-13-27)23-6-10-25(11-7-23)32-5-1-3-26-4-2-22-39-33(26)32/h1-22H. The zero-order chi connectivity index (χ0) is 28.5. The van der Waals surface area contributed by atoms with E-state index in [1.807, 2.05) is 36.5 Å². The van der Waals surface area contributed by atoms with Gasteiger partial charge in [-0.25, -0.2) is 23.7 Å². The quantitative estimate of drug-likeness (QED) is 0.215. The molecule has 0 bridgehead atoms. The first-order chi connectivity index (χ1) is 20.6. The second-order valence-corrected chi connectivity index (χ2v) is 9.86. The highest BCUT2D eigenvalue weighted by atomic mass is 19.1. The Morgan fingerprint density at radius 1 is 0.381 bits per heavy atom. The second-order valence-electron chi connectivity index (χ2n) is 9.86. The molecule has 0 aliphatic heterocycles. The monoisotopic (exact) mass is 548 g/mol. The lowest BCUT2D eigenvalue weighted by Gasteiger charge is -2.10. The second kappa shape index (κ2) is 10.7. The Balaban J connectivity index is 1.22. The smallest absolute Gasteiger partial charge is 0.164 e. The molecule has 0 unspecified atom stereocenters. The molecule has 42 heavy (non-hydrogen) atoms. The predicted octanol–water partition coefficient (Wildman–Crippen LogP) is 9.03. The first-order valence-corrected chi connectivity index (χ1v) is 13.4. The van der Waals surface area contributed by atoms with Gasteiger partial charge in [-0.3, -0.25) is 4.98 Å². The Labute approximate surface area is 241 Å². The highest BCUT2D eigenvalue weighted by Gasteiger charge is 2.13. The van der Waals surface area contributed by atoms with E-state index in [0.717, 1.165) is 38.7 Å². The lowest BCUT2D eigenvalue weighted by atomic mass is 9.98. The molecule has 2 aromatic heterocycles. The van der Waals surface area contributed by atoms with Crippen LogP contribution in [-0.4, -0.2) is 19.9 Å². The lowest BCUT2D eigenvalue weighted by molar-refractivity contribution is 0.627. The molecule has 2 heterocycles. The molecule has 7 rings (SSSR count). The zero-order valence-electron chi connectivity index (χ0n) is 22.2. The van der Waals surface area contributed by atoms with Crippen molar-refractivity contribution in [1.29, 1.82) is 0 Å². The van der Waals surface area contributed by atoms with Gasteiger partial charge in [-0.15, -0.1) is 0 Å². The van der Waals surface area contributed by atoms with Gasteiger partial charge in [-0.2, -0.15) is 0 Å². The van der Waals surface area contributed by atoms with Gasteiger partial charge in [0, 0.05) is 33.8 Å². The first kappa shape index (κ1) is 25.4. The van der Waals surface area contributed by atoms with Crippen LogP contribution in [0.2, 0.25) is 0 Å². The summed E-state index contributed by atoms with van der Waals surface area (Å²) in [7, 11) is 0. The molecule has 5 aromatic carbocycles. The van der Waals surface area contributed by atoms with Gasteiger partial charge in [0.25, 0.3) is 0 Å². The summed E-state index contributed by atoms with van der Waals surface area (Å²) in [6.07, 6.45) is 1.82. The molecule has 0 aliphatic carbocycles. The van der Waals surface area contributed by atoms with Gasteiger partial charge >= 0.3 is 0 Å². The Morgan fingerprint density at radius 3 is 1.29 bits per heavy atom. The summed E-state index contributed by atoms with van der Waals surface area (Å²) in [6, 6.07) is 38.7. The van der Waals surface area contributed by atoms with Crippen LogP contribution in [0.3, 0.4) is 0 Å². The number of hydrogen-bond donors (Lipinski definition) is 0. The van der Waals surface area contributed by atoms with E-state index >= 15 is 0 Å². The number of aromatic nitrogens is 4. The van der Waals surface area contributed by atoms with Crippen LogP contribution in [0.1, 0.15) is 0 Å². The van der Waals surface area contributed by atoms with Crippen LogP contribution in [-0.2, 0) is 0 Å². The number of nitrogens with zero attached hydrogens (tertiary/aromatic N) is 4. The van der Waals surface area contributed by atoms with Crippen molar-refractivity contribution in [2.24, 2.45) is 0 Å². The molecule has 0 saturated heterocycles. The molecule has 0 radical (unpaired) electrons. The number of hydrogen-bond acceptors (Lipinski definition) is 4. The van der Waals surface area contributed by atoms with E-state index in [0.29, 0.717) is 28.6 Å². The molecular formula is C36H22F2N4. The van der Waals surface area contributed by atoms with Crippen LogP contribution < -0.4 is 0 Å². The van der Waals surface area contributed by atoms with Gasteiger partial charge in [0.2, 0.25) is 0 Å². The van der Waals surface area contributed by atoms with Gasteiger partial charge in [0.05, 0.1) is 5.52 Å². The highest BCUT2D eigenvalue weighted by Crippen LogP contribution is 2.31.